The zero-order valence-corrected chi connectivity index (χ0v) is 15.8. The molecule has 7 nitrogen and oxygen atoms in total. The second-order valence-corrected chi connectivity index (χ2v) is 7.18. The van der Waals surface area contributed by atoms with E-state index in [1.807, 2.05) is 11.9 Å². The first-order chi connectivity index (χ1) is 12.2. The van der Waals surface area contributed by atoms with Crippen molar-refractivity contribution < 1.29 is 29.0 Å². The van der Waals surface area contributed by atoms with Crippen molar-refractivity contribution in [2.24, 2.45) is 5.92 Å². The molecule has 0 aromatic heterocycles. The van der Waals surface area contributed by atoms with E-state index in [0.29, 0.717) is 25.1 Å². The number of esters is 2. The largest absolute Gasteiger partial charge is 0.459 e. The molecule has 0 radical (unpaired) electrons. The molecule has 0 aliphatic carbocycles. The average molecular weight is 365 g/mol. The van der Waals surface area contributed by atoms with Crippen molar-refractivity contribution in [3.05, 3.63) is 23.3 Å². The van der Waals surface area contributed by atoms with E-state index in [4.69, 9.17) is 9.47 Å². The summed E-state index contributed by atoms with van der Waals surface area (Å²) in [5, 5.41) is 10.6. The highest BCUT2D eigenvalue weighted by molar-refractivity contribution is 6.01. The second-order valence-electron chi connectivity index (χ2n) is 7.18. The molecule has 0 amide bonds. The van der Waals surface area contributed by atoms with Crippen molar-refractivity contribution in [3.63, 3.8) is 0 Å². The van der Waals surface area contributed by atoms with Gasteiger partial charge in [0.15, 0.2) is 11.7 Å². The van der Waals surface area contributed by atoms with Gasteiger partial charge in [-0.15, -0.1) is 0 Å². The van der Waals surface area contributed by atoms with Crippen LogP contribution in [0.15, 0.2) is 23.3 Å². The van der Waals surface area contributed by atoms with Crippen LogP contribution in [-0.2, 0) is 23.9 Å². The minimum Gasteiger partial charge on any atom is -0.459 e. The highest BCUT2D eigenvalue weighted by Gasteiger charge is 2.40. The first-order valence-corrected chi connectivity index (χ1v) is 8.84. The molecular weight excluding hydrogens is 338 g/mol. The standard InChI is InChI=1S/C19H27NO6/c1-5-13-10-12(2)19(3,24)18(23)25-11-14-6-8-20(4)9-7-15(16(14)21)26-17(13)22/h5-6,12,15,24H,7-11H2,1-4H3/b13-5+,14-6-/t12-,15-,19-/m1/s1. The molecule has 2 aliphatic rings. The number of carbonyl (C=O) groups excluding carboxylic acids is 3. The molecule has 2 rings (SSSR count). The van der Waals surface area contributed by atoms with Gasteiger partial charge in [0, 0.05) is 30.7 Å². The highest BCUT2D eigenvalue weighted by Crippen LogP contribution is 2.27. The summed E-state index contributed by atoms with van der Waals surface area (Å²) in [6.07, 6.45) is 2.86. The summed E-state index contributed by atoms with van der Waals surface area (Å²) < 4.78 is 10.7. The Kier molecular flexibility index (Phi) is 6.36. The fraction of sp³-hybridized carbons (Fsp3) is 0.632. The van der Waals surface area contributed by atoms with Crippen LogP contribution in [0.1, 0.15) is 33.6 Å². The number of nitrogens with zero attached hydrogens (tertiary/aromatic N) is 1. The predicted molar refractivity (Wildman–Crippen MR) is 94.2 cm³/mol. The van der Waals surface area contributed by atoms with E-state index in [1.165, 1.54) is 6.92 Å². The van der Waals surface area contributed by atoms with Crippen molar-refractivity contribution in [1.29, 1.82) is 0 Å². The van der Waals surface area contributed by atoms with Gasteiger partial charge in [-0.25, -0.2) is 9.59 Å². The molecule has 1 fully saturated rings. The van der Waals surface area contributed by atoms with Gasteiger partial charge in [0.25, 0.3) is 0 Å². The lowest BCUT2D eigenvalue weighted by molar-refractivity contribution is -0.169. The van der Waals surface area contributed by atoms with Gasteiger partial charge in [-0.2, -0.15) is 0 Å². The second kappa shape index (κ2) is 8.14. The SMILES string of the molecule is C/C=C1\C[C@@H](C)[C@@](C)(O)C(=O)OC/C2=C/CN(C)CC[C@@H](OC1=O)C2=O. The fourth-order valence-corrected chi connectivity index (χ4v) is 2.92. The Hall–Kier alpha value is -1.99. The summed E-state index contributed by atoms with van der Waals surface area (Å²) in [6.45, 7) is 5.58. The molecule has 2 aliphatic heterocycles. The number of likely N-dealkylation sites (N-methyl/N-ethyl adjacent to an activating group) is 1. The van der Waals surface area contributed by atoms with Gasteiger partial charge in [-0.3, -0.25) is 4.79 Å². The van der Waals surface area contributed by atoms with Crippen LogP contribution in [0.3, 0.4) is 0 Å². The maximum Gasteiger partial charge on any atom is 0.338 e. The molecule has 0 saturated carbocycles. The van der Waals surface area contributed by atoms with E-state index in [2.05, 4.69) is 0 Å². The molecule has 7 heteroatoms. The van der Waals surface area contributed by atoms with Gasteiger partial charge >= 0.3 is 11.9 Å². The summed E-state index contributed by atoms with van der Waals surface area (Å²) in [6, 6.07) is 0. The fourth-order valence-electron chi connectivity index (χ4n) is 2.92. The molecule has 0 unspecified atom stereocenters. The zero-order chi connectivity index (χ0) is 19.5. The quantitative estimate of drug-likeness (QED) is 0.506. The summed E-state index contributed by atoms with van der Waals surface area (Å²) in [7, 11) is 1.89. The lowest BCUT2D eigenvalue weighted by Crippen LogP contribution is -2.45. The molecule has 0 aromatic rings. The Balaban J connectivity index is 2.42. The molecule has 3 atom stereocenters. The topological polar surface area (TPSA) is 93.1 Å². The van der Waals surface area contributed by atoms with Crippen LogP contribution in [0, 0.1) is 5.92 Å². The Bertz CT molecular complexity index is 648. The number of carbonyl (C=O) groups is 3. The normalized spacial score (nSPS) is 36.0. The number of cyclic esters (lactones) is 1. The number of ketones is 1. The number of rotatable bonds is 0. The molecule has 2 heterocycles. The first kappa shape index (κ1) is 20.3. The van der Waals surface area contributed by atoms with E-state index in [-0.39, 0.29) is 24.4 Å². The van der Waals surface area contributed by atoms with Crippen molar-refractivity contribution >= 4 is 17.7 Å². The van der Waals surface area contributed by atoms with Gasteiger partial charge in [-0.1, -0.05) is 19.1 Å². The first-order valence-electron chi connectivity index (χ1n) is 8.84. The van der Waals surface area contributed by atoms with Gasteiger partial charge in [0.05, 0.1) is 0 Å². The Morgan fingerprint density at radius 2 is 2.04 bits per heavy atom. The number of aliphatic hydroxyl groups is 1. The summed E-state index contributed by atoms with van der Waals surface area (Å²) >= 11 is 0. The highest BCUT2D eigenvalue weighted by atomic mass is 16.6. The number of fused-ring (bicyclic) bond motifs is 2. The smallest absolute Gasteiger partial charge is 0.338 e. The number of Topliss-reactive ketones (excluding diaryl/α,β-unsaturated/α-hetero) is 1. The van der Waals surface area contributed by atoms with E-state index >= 15 is 0 Å². The van der Waals surface area contributed by atoms with Crippen molar-refractivity contribution in [1.82, 2.24) is 4.90 Å². The van der Waals surface area contributed by atoms with Crippen LogP contribution < -0.4 is 0 Å². The predicted octanol–water partition coefficient (Wildman–Crippen LogP) is 1.01. The summed E-state index contributed by atoms with van der Waals surface area (Å²) in [4.78, 5) is 39.7. The number of ether oxygens (including phenoxy) is 2. The van der Waals surface area contributed by atoms with Crippen LogP contribution in [-0.4, -0.2) is 66.2 Å². The lowest BCUT2D eigenvalue weighted by Gasteiger charge is -2.31. The van der Waals surface area contributed by atoms with E-state index in [9.17, 15) is 19.5 Å². The lowest BCUT2D eigenvalue weighted by atomic mass is 9.85. The van der Waals surface area contributed by atoms with Gasteiger partial charge in [0.2, 0.25) is 5.78 Å². The molecule has 26 heavy (non-hydrogen) atoms. The maximum atomic E-state index is 12.8. The minimum atomic E-state index is -1.78. The minimum absolute atomic E-state index is 0.140. The van der Waals surface area contributed by atoms with Gasteiger partial charge in [-0.05, 0) is 33.2 Å². The molecule has 1 saturated heterocycles. The third-order valence-electron chi connectivity index (χ3n) is 5.15. The van der Waals surface area contributed by atoms with Crippen molar-refractivity contribution in [3.8, 4) is 0 Å². The Labute approximate surface area is 153 Å². The van der Waals surface area contributed by atoms with E-state index in [1.54, 1.807) is 26.0 Å². The molecular formula is C19H27NO6. The Morgan fingerprint density at radius 1 is 1.35 bits per heavy atom. The molecule has 0 spiro atoms. The van der Waals surface area contributed by atoms with Gasteiger partial charge < -0.3 is 19.5 Å². The van der Waals surface area contributed by atoms with Crippen LogP contribution in [0.5, 0.6) is 0 Å². The van der Waals surface area contributed by atoms with Crippen LogP contribution in [0.25, 0.3) is 0 Å². The number of hydrogen-bond acceptors (Lipinski definition) is 7. The Morgan fingerprint density at radius 3 is 2.69 bits per heavy atom. The van der Waals surface area contributed by atoms with Crippen LogP contribution >= 0.6 is 0 Å². The maximum absolute atomic E-state index is 12.8. The molecule has 1 N–H and O–H groups in total. The molecule has 144 valence electrons. The number of allylic oxidation sites excluding steroid dienone is 1. The monoisotopic (exact) mass is 365 g/mol. The zero-order valence-electron chi connectivity index (χ0n) is 15.8. The number of hydrogen-bond donors (Lipinski definition) is 1. The third kappa shape index (κ3) is 4.40. The van der Waals surface area contributed by atoms with Crippen LogP contribution in [0.4, 0.5) is 0 Å². The van der Waals surface area contributed by atoms with Crippen LogP contribution in [0.2, 0.25) is 0 Å². The van der Waals surface area contributed by atoms with E-state index < -0.39 is 29.6 Å². The summed E-state index contributed by atoms with van der Waals surface area (Å²) in [5.41, 5.74) is -1.19. The summed E-state index contributed by atoms with van der Waals surface area (Å²) in [5.74, 6) is -2.32. The van der Waals surface area contributed by atoms with Gasteiger partial charge in [0.1, 0.15) is 6.61 Å². The molecule has 2 bridgehead atoms. The van der Waals surface area contributed by atoms with E-state index in [0.717, 1.165) is 0 Å². The van der Waals surface area contributed by atoms with Crippen molar-refractivity contribution in [2.45, 2.75) is 45.3 Å². The molecule has 0 aromatic carbocycles. The third-order valence-corrected chi connectivity index (χ3v) is 5.15. The van der Waals surface area contributed by atoms with Crippen molar-refractivity contribution in [2.75, 3.05) is 26.7 Å². The average Bonchev–Trinajstić information content (AvgIpc) is 2.59.